The Morgan fingerprint density at radius 2 is 2.33 bits per heavy atom. The number of aryl methyl sites for hydroxylation is 1. The highest BCUT2D eigenvalue weighted by Crippen LogP contribution is 2.30. The fourth-order valence-electron chi connectivity index (χ4n) is 3.96. The first-order valence-electron chi connectivity index (χ1n) is 9.37. The van der Waals surface area contributed by atoms with E-state index in [-0.39, 0.29) is 11.3 Å². The van der Waals surface area contributed by atoms with Gasteiger partial charge in [-0.1, -0.05) is 12.1 Å². The molecular weight excluding hydrogens is 342 g/mol. The SMILES string of the molecule is Cc1cc(CN2CCCC(C)(CNC(=O)c3nccc4[nH]ccc34)C2)on1. The van der Waals surface area contributed by atoms with Crippen LogP contribution in [0.3, 0.4) is 0 Å². The van der Waals surface area contributed by atoms with E-state index in [1.165, 1.54) is 0 Å². The Hall–Kier alpha value is -2.67. The Morgan fingerprint density at radius 3 is 3.15 bits per heavy atom. The summed E-state index contributed by atoms with van der Waals surface area (Å²) in [6.45, 7) is 7.49. The molecule has 7 nitrogen and oxygen atoms in total. The van der Waals surface area contributed by atoms with Crippen LogP contribution in [0.15, 0.2) is 35.1 Å². The molecule has 1 aliphatic heterocycles. The lowest BCUT2D eigenvalue weighted by atomic mass is 9.81. The number of H-pyrrole nitrogens is 1. The highest BCUT2D eigenvalue weighted by atomic mass is 16.5. The van der Waals surface area contributed by atoms with E-state index < -0.39 is 0 Å². The number of likely N-dealkylation sites (tertiary alicyclic amines) is 1. The predicted molar refractivity (Wildman–Crippen MR) is 102 cm³/mol. The van der Waals surface area contributed by atoms with Gasteiger partial charge in [-0.05, 0) is 43.9 Å². The van der Waals surface area contributed by atoms with Gasteiger partial charge in [0.15, 0.2) is 5.76 Å². The average Bonchev–Trinajstić information content (AvgIpc) is 3.28. The van der Waals surface area contributed by atoms with Gasteiger partial charge in [0.1, 0.15) is 5.69 Å². The van der Waals surface area contributed by atoms with Crippen molar-refractivity contribution in [2.45, 2.75) is 33.2 Å². The summed E-state index contributed by atoms with van der Waals surface area (Å²) in [5, 5.41) is 7.92. The van der Waals surface area contributed by atoms with Gasteiger partial charge in [-0.2, -0.15) is 0 Å². The minimum atomic E-state index is -0.121. The third-order valence-corrected chi connectivity index (χ3v) is 5.29. The molecule has 3 aromatic rings. The van der Waals surface area contributed by atoms with Crippen LogP contribution in [-0.4, -0.2) is 45.6 Å². The first kappa shape index (κ1) is 17.7. The van der Waals surface area contributed by atoms with Crippen LogP contribution in [0.1, 0.15) is 41.7 Å². The lowest BCUT2D eigenvalue weighted by Crippen LogP contribution is -2.47. The van der Waals surface area contributed by atoms with Gasteiger partial charge in [0.25, 0.3) is 5.91 Å². The quantitative estimate of drug-likeness (QED) is 0.724. The molecule has 2 N–H and O–H groups in total. The fraction of sp³-hybridized carbons (Fsp3) is 0.450. The second-order valence-electron chi connectivity index (χ2n) is 7.84. The molecular formula is C20H25N5O2. The summed E-state index contributed by atoms with van der Waals surface area (Å²) in [5.74, 6) is 0.772. The molecule has 1 saturated heterocycles. The molecule has 1 unspecified atom stereocenters. The second kappa shape index (κ2) is 7.15. The van der Waals surface area contributed by atoms with Crippen molar-refractivity contribution in [3.8, 4) is 0 Å². The number of piperidine rings is 1. The lowest BCUT2D eigenvalue weighted by Gasteiger charge is -2.40. The summed E-state index contributed by atoms with van der Waals surface area (Å²) in [7, 11) is 0. The van der Waals surface area contributed by atoms with Crippen molar-refractivity contribution in [3.63, 3.8) is 0 Å². The van der Waals surface area contributed by atoms with E-state index in [9.17, 15) is 4.79 Å². The van der Waals surface area contributed by atoms with E-state index in [2.05, 4.69) is 32.3 Å². The van der Waals surface area contributed by atoms with Gasteiger partial charge in [-0.15, -0.1) is 0 Å². The zero-order valence-corrected chi connectivity index (χ0v) is 15.8. The van der Waals surface area contributed by atoms with Crippen molar-refractivity contribution in [1.82, 2.24) is 25.3 Å². The molecule has 0 aliphatic carbocycles. The summed E-state index contributed by atoms with van der Waals surface area (Å²) in [6.07, 6.45) is 5.68. The third-order valence-electron chi connectivity index (χ3n) is 5.29. The maximum atomic E-state index is 12.7. The predicted octanol–water partition coefficient (Wildman–Crippen LogP) is 2.89. The Labute approximate surface area is 158 Å². The normalized spacial score (nSPS) is 20.8. The number of hydrogen-bond acceptors (Lipinski definition) is 5. The minimum absolute atomic E-state index is 0.0228. The maximum absolute atomic E-state index is 12.7. The molecule has 0 bridgehead atoms. The molecule has 0 aromatic carbocycles. The first-order chi connectivity index (χ1) is 13.0. The minimum Gasteiger partial charge on any atom is -0.361 e. The molecule has 0 saturated carbocycles. The summed E-state index contributed by atoms with van der Waals surface area (Å²) in [5.41, 5.74) is 2.33. The number of rotatable bonds is 5. The number of carbonyl (C=O) groups is 1. The third kappa shape index (κ3) is 3.88. The Morgan fingerprint density at radius 1 is 1.44 bits per heavy atom. The van der Waals surface area contributed by atoms with Crippen molar-refractivity contribution in [2.24, 2.45) is 5.41 Å². The zero-order valence-electron chi connectivity index (χ0n) is 15.8. The lowest BCUT2D eigenvalue weighted by molar-refractivity contribution is 0.0769. The van der Waals surface area contributed by atoms with E-state index in [0.29, 0.717) is 12.2 Å². The van der Waals surface area contributed by atoms with Gasteiger partial charge in [0.2, 0.25) is 0 Å². The van der Waals surface area contributed by atoms with E-state index in [1.807, 2.05) is 31.3 Å². The molecule has 3 aromatic heterocycles. The van der Waals surface area contributed by atoms with Crippen LogP contribution in [0.5, 0.6) is 0 Å². The van der Waals surface area contributed by atoms with Crippen molar-refractivity contribution in [3.05, 3.63) is 47.7 Å². The van der Waals surface area contributed by atoms with Crippen LogP contribution in [-0.2, 0) is 6.54 Å². The number of aromatic nitrogens is 3. The van der Waals surface area contributed by atoms with Gasteiger partial charge in [-0.3, -0.25) is 14.7 Å². The molecule has 1 amide bonds. The van der Waals surface area contributed by atoms with Crippen LogP contribution in [0.25, 0.3) is 10.9 Å². The fourth-order valence-corrected chi connectivity index (χ4v) is 3.96. The molecule has 142 valence electrons. The molecule has 7 heteroatoms. The van der Waals surface area contributed by atoms with Crippen molar-refractivity contribution in [2.75, 3.05) is 19.6 Å². The Bertz CT molecular complexity index is 947. The van der Waals surface area contributed by atoms with E-state index in [0.717, 1.165) is 54.8 Å². The molecule has 4 heterocycles. The molecule has 0 spiro atoms. The van der Waals surface area contributed by atoms with Gasteiger partial charge < -0.3 is 14.8 Å². The van der Waals surface area contributed by atoms with Crippen LogP contribution in [0.2, 0.25) is 0 Å². The van der Waals surface area contributed by atoms with Crippen LogP contribution in [0.4, 0.5) is 0 Å². The number of carbonyl (C=O) groups excluding carboxylic acids is 1. The van der Waals surface area contributed by atoms with Gasteiger partial charge in [-0.25, -0.2) is 0 Å². The molecule has 0 radical (unpaired) electrons. The molecule has 27 heavy (non-hydrogen) atoms. The molecule has 1 atom stereocenters. The summed E-state index contributed by atoms with van der Waals surface area (Å²) in [6, 6.07) is 5.75. The van der Waals surface area contributed by atoms with Gasteiger partial charge in [0, 0.05) is 42.5 Å². The average molecular weight is 367 g/mol. The van der Waals surface area contributed by atoms with E-state index in [4.69, 9.17) is 4.52 Å². The number of pyridine rings is 1. The second-order valence-corrected chi connectivity index (χ2v) is 7.84. The summed E-state index contributed by atoms with van der Waals surface area (Å²) >= 11 is 0. The summed E-state index contributed by atoms with van der Waals surface area (Å²) in [4.78, 5) is 22.5. The number of aromatic amines is 1. The van der Waals surface area contributed by atoms with E-state index in [1.54, 1.807) is 6.20 Å². The Kier molecular flexibility index (Phi) is 4.70. The number of fused-ring (bicyclic) bond motifs is 1. The highest BCUT2D eigenvalue weighted by molar-refractivity contribution is 6.04. The van der Waals surface area contributed by atoms with Gasteiger partial charge >= 0.3 is 0 Å². The van der Waals surface area contributed by atoms with Gasteiger partial charge in [0.05, 0.1) is 12.2 Å². The monoisotopic (exact) mass is 367 g/mol. The topological polar surface area (TPSA) is 87.0 Å². The Balaban J connectivity index is 1.39. The largest absolute Gasteiger partial charge is 0.361 e. The number of amides is 1. The maximum Gasteiger partial charge on any atom is 0.270 e. The van der Waals surface area contributed by atoms with Crippen LogP contribution in [0, 0.1) is 12.3 Å². The highest BCUT2D eigenvalue weighted by Gasteiger charge is 2.32. The molecule has 1 aliphatic rings. The summed E-state index contributed by atoms with van der Waals surface area (Å²) < 4.78 is 5.35. The first-order valence-corrected chi connectivity index (χ1v) is 9.37. The van der Waals surface area contributed by atoms with E-state index >= 15 is 0 Å². The van der Waals surface area contributed by atoms with Crippen LogP contribution < -0.4 is 5.32 Å². The van der Waals surface area contributed by atoms with Crippen molar-refractivity contribution in [1.29, 1.82) is 0 Å². The number of nitrogens with zero attached hydrogens (tertiary/aromatic N) is 3. The zero-order chi connectivity index (χ0) is 18.9. The van der Waals surface area contributed by atoms with Crippen molar-refractivity contribution >= 4 is 16.8 Å². The number of nitrogens with one attached hydrogen (secondary N) is 2. The molecule has 4 rings (SSSR count). The standard InChI is InChI=1S/C20H25N5O2/c1-14-10-15(27-24-14)11-25-9-3-6-20(2,13-25)12-23-19(26)18-16-4-7-21-17(16)5-8-22-18/h4-5,7-8,10,21H,3,6,9,11-13H2,1-2H3,(H,23,26). The molecule has 1 fully saturated rings. The number of hydrogen-bond donors (Lipinski definition) is 2. The van der Waals surface area contributed by atoms with Crippen molar-refractivity contribution < 1.29 is 9.32 Å². The smallest absolute Gasteiger partial charge is 0.270 e. The van der Waals surface area contributed by atoms with Crippen LogP contribution >= 0.6 is 0 Å².